The van der Waals surface area contributed by atoms with Gasteiger partial charge in [0.15, 0.2) is 0 Å². The van der Waals surface area contributed by atoms with Crippen LogP contribution >= 0.6 is 15.9 Å². The number of nitrogens with one attached hydrogen (secondary N) is 1. The summed E-state index contributed by atoms with van der Waals surface area (Å²) in [4.78, 5) is 3.54. The lowest BCUT2D eigenvalue weighted by Gasteiger charge is -1.97. The molecule has 1 fully saturated rings. The van der Waals surface area contributed by atoms with Gasteiger partial charge in [0, 0.05) is 21.1 Å². The van der Waals surface area contributed by atoms with E-state index in [0.29, 0.717) is 0 Å². The number of hydrogen-bond acceptors (Lipinski definition) is 0. The molecular formula is C12H12BrN. The molecule has 1 heterocycles. The third kappa shape index (κ3) is 1.21. The van der Waals surface area contributed by atoms with Crippen molar-refractivity contribution in [2.24, 2.45) is 0 Å². The molecule has 0 aliphatic heterocycles. The molecule has 1 aliphatic carbocycles. The molecule has 2 aromatic rings. The lowest BCUT2D eigenvalue weighted by molar-refractivity contribution is 1.06. The number of aromatic amines is 1. The molecule has 1 aliphatic rings. The van der Waals surface area contributed by atoms with Crippen LogP contribution in [0.2, 0.25) is 0 Å². The van der Waals surface area contributed by atoms with Gasteiger partial charge in [-0.3, -0.25) is 0 Å². The summed E-state index contributed by atoms with van der Waals surface area (Å²) in [5.41, 5.74) is 4.03. The maximum absolute atomic E-state index is 3.59. The molecule has 0 saturated heterocycles. The number of aromatic nitrogens is 1. The molecule has 1 N–H and O–H groups in total. The number of halogens is 1. The fourth-order valence-corrected chi connectivity index (χ4v) is 2.41. The Morgan fingerprint density at radius 3 is 2.79 bits per heavy atom. The van der Waals surface area contributed by atoms with Crippen LogP contribution in [0.5, 0.6) is 0 Å². The van der Waals surface area contributed by atoms with Crippen LogP contribution in [0.3, 0.4) is 0 Å². The molecule has 1 aromatic carbocycles. The molecule has 14 heavy (non-hydrogen) atoms. The fraction of sp³-hybridized carbons (Fsp3) is 0.333. The molecule has 0 radical (unpaired) electrons. The van der Waals surface area contributed by atoms with Crippen LogP contribution in [0.25, 0.3) is 10.9 Å². The topological polar surface area (TPSA) is 15.8 Å². The summed E-state index contributed by atoms with van der Waals surface area (Å²) in [5, 5.41) is 1.33. The largest absolute Gasteiger partial charge is 0.358 e. The molecule has 1 aromatic heterocycles. The summed E-state index contributed by atoms with van der Waals surface area (Å²) in [7, 11) is 0. The third-order valence-electron chi connectivity index (χ3n) is 2.99. The van der Waals surface area contributed by atoms with Crippen molar-refractivity contribution in [3.05, 3.63) is 33.9 Å². The first kappa shape index (κ1) is 8.54. The molecule has 0 atom stereocenters. The number of rotatable bonds is 1. The number of aryl methyl sites for hydroxylation is 1. The molecule has 3 rings (SSSR count). The van der Waals surface area contributed by atoms with E-state index < -0.39 is 0 Å². The van der Waals surface area contributed by atoms with Crippen molar-refractivity contribution in [1.82, 2.24) is 4.98 Å². The van der Waals surface area contributed by atoms with E-state index in [1.54, 1.807) is 0 Å². The summed E-state index contributed by atoms with van der Waals surface area (Å²) < 4.78 is 1.20. The SMILES string of the molecule is Cc1ccc(Br)c2cc(C3CC3)[nH]c12. The quantitative estimate of drug-likeness (QED) is 0.783. The van der Waals surface area contributed by atoms with E-state index in [1.807, 2.05) is 0 Å². The zero-order valence-electron chi connectivity index (χ0n) is 8.10. The van der Waals surface area contributed by atoms with Crippen LogP contribution in [0.1, 0.15) is 30.0 Å². The Balaban J connectivity index is 2.30. The number of fused-ring (bicyclic) bond motifs is 1. The van der Waals surface area contributed by atoms with E-state index >= 15 is 0 Å². The first-order valence-electron chi connectivity index (χ1n) is 5.03. The van der Waals surface area contributed by atoms with Gasteiger partial charge in [0.05, 0.1) is 0 Å². The fourth-order valence-electron chi connectivity index (χ4n) is 1.96. The highest BCUT2D eigenvalue weighted by Gasteiger charge is 2.25. The van der Waals surface area contributed by atoms with Gasteiger partial charge in [-0.15, -0.1) is 0 Å². The minimum absolute atomic E-state index is 0.800. The molecule has 0 amide bonds. The van der Waals surface area contributed by atoms with Gasteiger partial charge < -0.3 is 4.98 Å². The summed E-state index contributed by atoms with van der Waals surface area (Å²) >= 11 is 3.59. The second-order valence-corrected chi connectivity index (χ2v) is 5.01. The highest BCUT2D eigenvalue weighted by molar-refractivity contribution is 9.10. The van der Waals surface area contributed by atoms with E-state index in [1.165, 1.54) is 39.5 Å². The maximum atomic E-state index is 3.59. The van der Waals surface area contributed by atoms with E-state index in [0.717, 1.165) is 5.92 Å². The number of H-pyrrole nitrogens is 1. The molecule has 0 spiro atoms. The van der Waals surface area contributed by atoms with Crippen LogP contribution < -0.4 is 0 Å². The molecule has 0 unspecified atom stereocenters. The van der Waals surface area contributed by atoms with Crippen LogP contribution in [0, 0.1) is 6.92 Å². The van der Waals surface area contributed by atoms with Gasteiger partial charge in [-0.1, -0.05) is 22.0 Å². The number of hydrogen-bond donors (Lipinski definition) is 1. The molecule has 1 nitrogen and oxygen atoms in total. The Morgan fingerprint density at radius 1 is 1.36 bits per heavy atom. The first-order valence-corrected chi connectivity index (χ1v) is 5.83. The van der Waals surface area contributed by atoms with Crippen LogP contribution in [-0.2, 0) is 0 Å². The van der Waals surface area contributed by atoms with Gasteiger partial charge in [-0.05, 0) is 43.4 Å². The summed E-state index contributed by atoms with van der Waals surface area (Å²) in [5.74, 6) is 0.800. The van der Waals surface area contributed by atoms with E-state index in [4.69, 9.17) is 0 Å². The molecule has 2 heteroatoms. The van der Waals surface area contributed by atoms with Crippen molar-refractivity contribution in [2.75, 3.05) is 0 Å². The number of benzene rings is 1. The van der Waals surface area contributed by atoms with Gasteiger partial charge in [-0.2, -0.15) is 0 Å². The summed E-state index contributed by atoms with van der Waals surface area (Å²) in [6.07, 6.45) is 2.70. The highest BCUT2D eigenvalue weighted by atomic mass is 79.9. The lowest BCUT2D eigenvalue weighted by Crippen LogP contribution is -1.78. The highest BCUT2D eigenvalue weighted by Crippen LogP contribution is 2.41. The van der Waals surface area contributed by atoms with Crippen molar-refractivity contribution in [3.8, 4) is 0 Å². The Bertz CT molecular complexity index is 455. The maximum Gasteiger partial charge on any atom is 0.0497 e. The van der Waals surface area contributed by atoms with Gasteiger partial charge in [0.25, 0.3) is 0 Å². The predicted molar refractivity (Wildman–Crippen MR) is 62.7 cm³/mol. The Labute approximate surface area is 91.6 Å². The zero-order chi connectivity index (χ0) is 9.71. The molecule has 0 bridgehead atoms. The van der Waals surface area contributed by atoms with Gasteiger partial charge >= 0.3 is 0 Å². The monoisotopic (exact) mass is 249 g/mol. The molecule has 72 valence electrons. The van der Waals surface area contributed by atoms with E-state index in [2.05, 4.69) is 46.0 Å². The third-order valence-corrected chi connectivity index (χ3v) is 3.68. The molecular weight excluding hydrogens is 238 g/mol. The van der Waals surface area contributed by atoms with Crippen molar-refractivity contribution in [1.29, 1.82) is 0 Å². The lowest BCUT2D eigenvalue weighted by atomic mass is 10.2. The van der Waals surface area contributed by atoms with Crippen molar-refractivity contribution in [3.63, 3.8) is 0 Å². The Hall–Kier alpha value is -0.760. The van der Waals surface area contributed by atoms with Crippen molar-refractivity contribution < 1.29 is 0 Å². The van der Waals surface area contributed by atoms with Crippen molar-refractivity contribution >= 4 is 26.8 Å². The Morgan fingerprint density at radius 2 is 2.14 bits per heavy atom. The van der Waals surface area contributed by atoms with Crippen LogP contribution in [0.4, 0.5) is 0 Å². The summed E-state index contributed by atoms with van der Waals surface area (Å²) in [6.45, 7) is 2.15. The normalized spacial score (nSPS) is 16.4. The van der Waals surface area contributed by atoms with E-state index in [9.17, 15) is 0 Å². The average Bonchev–Trinajstić information content (AvgIpc) is 2.92. The smallest absolute Gasteiger partial charge is 0.0497 e. The van der Waals surface area contributed by atoms with Gasteiger partial charge in [0.1, 0.15) is 0 Å². The van der Waals surface area contributed by atoms with Crippen LogP contribution in [0.15, 0.2) is 22.7 Å². The second-order valence-electron chi connectivity index (χ2n) is 4.15. The van der Waals surface area contributed by atoms with Gasteiger partial charge in [-0.25, -0.2) is 0 Å². The summed E-state index contributed by atoms with van der Waals surface area (Å²) in [6, 6.07) is 6.58. The minimum Gasteiger partial charge on any atom is -0.358 e. The first-order chi connectivity index (χ1) is 6.75. The van der Waals surface area contributed by atoms with Crippen molar-refractivity contribution in [2.45, 2.75) is 25.7 Å². The second kappa shape index (κ2) is 2.86. The molecule has 1 saturated carbocycles. The minimum atomic E-state index is 0.800. The van der Waals surface area contributed by atoms with Crippen LogP contribution in [-0.4, -0.2) is 4.98 Å². The zero-order valence-corrected chi connectivity index (χ0v) is 9.69. The Kier molecular flexibility index (Phi) is 1.75. The standard InChI is InChI=1S/C12H12BrN/c1-7-2-5-10(13)9-6-11(8-3-4-8)14-12(7)9/h2,5-6,8,14H,3-4H2,1H3. The predicted octanol–water partition coefficient (Wildman–Crippen LogP) is 4.12. The van der Waals surface area contributed by atoms with E-state index in [-0.39, 0.29) is 0 Å². The average molecular weight is 250 g/mol. The van der Waals surface area contributed by atoms with Gasteiger partial charge in [0.2, 0.25) is 0 Å².